The highest BCUT2D eigenvalue weighted by Crippen LogP contribution is 2.17. The number of carbonyl (C=O) groups excluding carboxylic acids is 1. The first kappa shape index (κ1) is 12.2. The van der Waals surface area contributed by atoms with Crippen LogP contribution < -0.4 is 5.32 Å². The molecule has 0 aromatic heterocycles. The number of hydrogen-bond donors (Lipinski definition) is 1. The average Bonchev–Trinajstić information content (AvgIpc) is 2.18. The SMILES string of the molecule is COCC(=O)N[C@H](C)c1cccc(Br)c1. The van der Waals surface area contributed by atoms with Gasteiger partial charge < -0.3 is 10.1 Å². The Morgan fingerprint density at radius 2 is 2.33 bits per heavy atom. The van der Waals surface area contributed by atoms with Crippen LogP contribution in [0.5, 0.6) is 0 Å². The minimum Gasteiger partial charge on any atom is -0.375 e. The van der Waals surface area contributed by atoms with Crippen molar-refractivity contribution in [2.24, 2.45) is 0 Å². The maximum atomic E-state index is 11.3. The van der Waals surface area contributed by atoms with Gasteiger partial charge in [-0.05, 0) is 24.6 Å². The molecule has 0 saturated carbocycles. The van der Waals surface area contributed by atoms with E-state index in [0.29, 0.717) is 0 Å². The molecule has 0 bridgehead atoms. The third-order valence-corrected chi connectivity index (χ3v) is 2.49. The molecule has 1 atom stereocenters. The van der Waals surface area contributed by atoms with Crippen molar-refractivity contribution in [3.63, 3.8) is 0 Å². The number of rotatable bonds is 4. The second-order valence-corrected chi connectivity index (χ2v) is 4.19. The molecule has 0 radical (unpaired) electrons. The lowest BCUT2D eigenvalue weighted by Gasteiger charge is -2.14. The molecule has 0 aliphatic carbocycles. The molecule has 1 rings (SSSR count). The van der Waals surface area contributed by atoms with Gasteiger partial charge in [0, 0.05) is 11.6 Å². The van der Waals surface area contributed by atoms with Gasteiger partial charge >= 0.3 is 0 Å². The summed E-state index contributed by atoms with van der Waals surface area (Å²) in [6.45, 7) is 2.04. The van der Waals surface area contributed by atoms with Gasteiger partial charge in [0.15, 0.2) is 0 Å². The molecule has 1 N–H and O–H groups in total. The molecule has 0 unspecified atom stereocenters. The minimum absolute atomic E-state index is 0.00912. The van der Waals surface area contributed by atoms with Gasteiger partial charge in [0.1, 0.15) is 6.61 Å². The highest BCUT2D eigenvalue weighted by molar-refractivity contribution is 9.10. The van der Waals surface area contributed by atoms with Gasteiger partial charge in [0.25, 0.3) is 0 Å². The molecule has 4 heteroatoms. The van der Waals surface area contributed by atoms with Gasteiger partial charge in [-0.2, -0.15) is 0 Å². The van der Waals surface area contributed by atoms with Crippen LogP contribution in [0.4, 0.5) is 0 Å². The molecule has 0 aliphatic heterocycles. The molecule has 1 aromatic rings. The van der Waals surface area contributed by atoms with E-state index in [9.17, 15) is 4.79 Å². The van der Waals surface area contributed by atoms with E-state index in [1.807, 2.05) is 31.2 Å². The first-order chi connectivity index (χ1) is 7.13. The largest absolute Gasteiger partial charge is 0.375 e. The van der Waals surface area contributed by atoms with E-state index >= 15 is 0 Å². The first-order valence-electron chi connectivity index (χ1n) is 4.67. The van der Waals surface area contributed by atoms with Crippen molar-refractivity contribution >= 4 is 21.8 Å². The number of amides is 1. The topological polar surface area (TPSA) is 38.3 Å². The molecule has 1 amide bonds. The van der Waals surface area contributed by atoms with E-state index in [4.69, 9.17) is 4.74 Å². The zero-order valence-electron chi connectivity index (χ0n) is 8.79. The van der Waals surface area contributed by atoms with Crippen LogP contribution >= 0.6 is 15.9 Å². The maximum absolute atomic E-state index is 11.3. The van der Waals surface area contributed by atoms with Gasteiger partial charge in [-0.15, -0.1) is 0 Å². The van der Waals surface area contributed by atoms with Crippen LogP contribution in [0.3, 0.4) is 0 Å². The summed E-state index contributed by atoms with van der Waals surface area (Å²) in [5, 5.41) is 2.84. The van der Waals surface area contributed by atoms with Crippen molar-refractivity contribution in [2.45, 2.75) is 13.0 Å². The van der Waals surface area contributed by atoms with Crippen LogP contribution in [0.15, 0.2) is 28.7 Å². The molecule has 15 heavy (non-hydrogen) atoms. The summed E-state index contributed by atoms with van der Waals surface area (Å²) in [6.07, 6.45) is 0. The van der Waals surface area contributed by atoms with Crippen LogP contribution in [0.2, 0.25) is 0 Å². The monoisotopic (exact) mass is 271 g/mol. The standard InChI is InChI=1S/C11H14BrNO2/c1-8(13-11(14)7-15-2)9-4-3-5-10(12)6-9/h3-6,8H,7H2,1-2H3,(H,13,14)/t8-/m1/s1. The van der Waals surface area contributed by atoms with Gasteiger partial charge in [-0.1, -0.05) is 28.1 Å². The summed E-state index contributed by atoms with van der Waals surface area (Å²) >= 11 is 3.39. The van der Waals surface area contributed by atoms with Gasteiger partial charge in [-0.25, -0.2) is 0 Å². The normalized spacial score (nSPS) is 12.2. The molecule has 1 aromatic carbocycles. The van der Waals surface area contributed by atoms with Crippen LogP contribution in [-0.2, 0) is 9.53 Å². The average molecular weight is 272 g/mol. The van der Waals surface area contributed by atoms with Crippen molar-refractivity contribution in [2.75, 3.05) is 13.7 Å². The lowest BCUT2D eigenvalue weighted by atomic mass is 10.1. The Labute approximate surface area is 97.9 Å². The Hall–Kier alpha value is -0.870. The highest BCUT2D eigenvalue weighted by Gasteiger charge is 2.08. The summed E-state index contributed by atoms with van der Waals surface area (Å²) in [7, 11) is 1.50. The van der Waals surface area contributed by atoms with Crippen molar-refractivity contribution in [1.29, 1.82) is 0 Å². The number of halogens is 1. The quantitative estimate of drug-likeness (QED) is 0.913. The molecule has 0 aliphatic rings. The maximum Gasteiger partial charge on any atom is 0.246 e. The Balaban J connectivity index is 2.60. The van der Waals surface area contributed by atoms with Crippen LogP contribution in [-0.4, -0.2) is 19.6 Å². The predicted octanol–water partition coefficient (Wildman–Crippen LogP) is 2.27. The van der Waals surface area contributed by atoms with Crippen molar-refractivity contribution < 1.29 is 9.53 Å². The van der Waals surface area contributed by atoms with E-state index < -0.39 is 0 Å². The van der Waals surface area contributed by atoms with Crippen molar-refractivity contribution in [3.8, 4) is 0 Å². The number of methoxy groups -OCH3 is 1. The van der Waals surface area contributed by atoms with E-state index in [1.165, 1.54) is 7.11 Å². The highest BCUT2D eigenvalue weighted by atomic mass is 79.9. The van der Waals surface area contributed by atoms with Gasteiger partial charge in [0.2, 0.25) is 5.91 Å². The van der Waals surface area contributed by atoms with Gasteiger partial charge in [0.05, 0.1) is 6.04 Å². The molecule has 0 heterocycles. The fourth-order valence-corrected chi connectivity index (χ4v) is 1.69. The third kappa shape index (κ3) is 4.01. The summed E-state index contributed by atoms with van der Waals surface area (Å²) in [4.78, 5) is 11.3. The van der Waals surface area contributed by atoms with E-state index in [0.717, 1.165) is 10.0 Å². The summed E-state index contributed by atoms with van der Waals surface area (Å²) in [6, 6.07) is 7.84. The van der Waals surface area contributed by atoms with Crippen LogP contribution in [0.1, 0.15) is 18.5 Å². The molecule has 0 saturated heterocycles. The van der Waals surface area contributed by atoms with Crippen molar-refractivity contribution in [3.05, 3.63) is 34.3 Å². The fraction of sp³-hybridized carbons (Fsp3) is 0.364. The second kappa shape index (κ2) is 5.88. The molecule has 0 fully saturated rings. The van der Waals surface area contributed by atoms with Crippen LogP contribution in [0.25, 0.3) is 0 Å². The Bertz CT molecular complexity index is 341. The summed E-state index contributed by atoms with van der Waals surface area (Å²) < 4.78 is 5.75. The molecular weight excluding hydrogens is 258 g/mol. The van der Waals surface area contributed by atoms with E-state index in [2.05, 4.69) is 21.2 Å². The van der Waals surface area contributed by atoms with Gasteiger partial charge in [-0.3, -0.25) is 4.79 Å². The summed E-state index contributed by atoms with van der Waals surface area (Å²) in [5.41, 5.74) is 1.06. The lowest BCUT2D eigenvalue weighted by molar-refractivity contribution is -0.125. The molecule has 0 spiro atoms. The number of ether oxygens (including phenoxy) is 1. The number of carbonyl (C=O) groups is 1. The fourth-order valence-electron chi connectivity index (χ4n) is 1.27. The predicted molar refractivity (Wildman–Crippen MR) is 62.6 cm³/mol. The smallest absolute Gasteiger partial charge is 0.246 e. The second-order valence-electron chi connectivity index (χ2n) is 3.28. The van der Waals surface area contributed by atoms with Crippen LogP contribution in [0, 0.1) is 0 Å². The number of nitrogens with one attached hydrogen (secondary N) is 1. The number of hydrogen-bond acceptors (Lipinski definition) is 2. The number of benzene rings is 1. The molecule has 82 valence electrons. The molecule has 3 nitrogen and oxygen atoms in total. The molecular formula is C11H14BrNO2. The first-order valence-corrected chi connectivity index (χ1v) is 5.46. The minimum atomic E-state index is -0.107. The Morgan fingerprint density at radius 1 is 1.60 bits per heavy atom. The third-order valence-electron chi connectivity index (χ3n) is 2.00. The lowest BCUT2D eigenvalue weighted by Crippen LogP contribution is -2.29. The van der Waals surface area contributed by atoms with Crippen molar-refractivity contribution in [1.82, 2.24) is 5.32 Å². The van der Waals surface area contributed by atoms with E-state index in [1.54, 1.807) is 0 Å². The Kier molecular flexibility index (Phi) is 4.78. The zero-order chi connectivity index (χ0) is 11.3. The zero-order valence-corrected chi connectivity index (χ0v) is 10.4. The summed E-state index contributed by atoms with van der Waals surface area (Å²) in [5.74, 6) is -0.107. The van der Waals surface area contributed by atoms with E-state index in [-0.39, 0.29) is 18.6 Å². The Morgan fingerprint density at radius 3 is 2.93 bits per heavy atom.